The van der Waals surface area contributed by atoms with Crippen molar-refractivity contribution in [2.24, 2.45) is 5.92 Å². The minimum absolute atomic E-state index is 0.0654. The maximum atomic E-state index is 12.8. The SMILES string of the molecule is Cc1ccc(C(=O)N2CCN(C(=O)C3CC3c3cccc(Cl)c3)CC2)s1. The maximum absolute atomic E-state index is 12.8. The molecule has 4 rings (SSSR count). The van der Waals surface area contributed by atoms with E-state index < -0.39 is 0 Å². The molecule has 6 heteroatoms. The third kappa shape index (κ3) is 3.51. The number of benzene rings is 1. The fourth-order valence-electron chi connectivity index (χ4n) is 3.64. The highest BCUT2D eigenvalue weighted by molar-refractivity contribution is 7.13. The maximum Gasteiger partial charge on any atom is 0.264 e. The third-order valence-electron chi connectivity index (χ3n) is 5.21. The molecule has 2 atom stereocenters. The van der Waals surface area contributed by atoms with Gasteiger partial charge in [-0.15, -0.1) is 11.3 Å². The van der Waals surface area contributed by atoms with Gasteiger partial charge in [-0.2, -0.15) is 0 Å². The molecule has 2 unspecified atom stereocenters. The molecule has 2 aromatic rings. The molecule has 1 saturated heterocycles. The molecule has 0 radical (unpaired) electrons. The van der Waals surface area contributed by atoms with E-state index in [9.17, 15) is 9.59 Å². The van der Waals surface area contributed by atoms with Gasteiger partial charge in [0.15, 0.2) is 0 Å². The second-order valence-corrected chi connectivity index (χ2v) is 8.76. The first-order valence-corrected chi connectivity index (χ1v) is 10.1. The van der Waals surface area contributed by atoms with Crippen LogP contribution in [0.3, 0.4) is 0 Å². The largest absolute Gasteiger partial charge is 0.339 e. The van der Waals surface area contributed by atoms with E-state index in [2.05, 4.69) is 0 Å². The molecule has 1 aromatic heterocycles. The van der Waals surface area contributed by atoms with Crippen LogP contribution in [0.4, 0.5) is 0 Å². The van der Waals surface area contributed by atoms with E-state index in [0.717, 1.165) is 26.8 Å². The number of hydrogen-bond acceptors (Lipinski definition) is 3. The summed E-state index contributed by atoms with van der Waals surface area (Å²) in [5.74, 6) is 0.651. The Kier molecular flexibility index (Phi) is 4.76. The van der Waals surface area contributed by atoms with Crippen LogP contribution in [0.25, 0.3) is 0 Å². The van der Waals surface area contributed by atoms with Crippen molar-refractivity contribution < 1.29 is 9.59 Å². The molecule has 2 amide bonds. The Bertz CT molecular complexity index is 842. The van der Waals surface area contributed by atoms with Gasteiger partial charge in [0.1, 0.15) is 0 Å². The lowest BCUT2D eigenvalue weighted by atomic mass is 10.1. The van der Waals surface area contributed by atoms with E-state index in [4.69, 9.17) is 11.6 Å². The van der Waals surface area contributed by atoms with E-state index in [-0.39, 0.29) is 23.7 Å². The quantitative estimate of drug-likeness (QED) is 0.802. The van der Waals surface area contributed by atoms with Gasteiger partial charge >= 0.3 is 0 Å². The molecule has 136 valence electrons. The van der Waals surface area contributed by atoms with Crippen molar-refractivity contribution >= 4 is 34.8 Å². The number of carbonyl (C=O) groups excluding carboxylic acids is 2. The fourth-order valence-corrected chi connectivity index (χ4v) is 4.68. The van der Waals surface area contributed by atoms with Crippen LogP contribution in [0, 0.1) is 12.8 Å². The van der Waals surface area contributed by atoms with Crippen LogP contribution in [0.15, 0.2) is 36.4 Å². The van der Waals surface area contributed by atoms with Crippen molar-refractivity contribution in [3.05, 3.63) is 56.7 Å². The lowest BCUT2D eigenvalue weighted by Gasteiger charge is -2.34. The van der Waals surface area contributed by atoms with Gasteiger partial charge in [0.25, 0.3) is 5.91 Å². The molecular weight excluding hydrogens is 368 g/mol. The van der Waals surface area contributed by atoms with Crippen LogP contribution in [-0.4, -0.2) is 47.8 Å². The topological polar surface area (TPSA) is 40.6 Å². The summed E-state index contributed by atoms with van der Waals surface area (Å²) in [5, 5.41) is 0.719. The molecule has 2 aliphatic rings. The summed E-state index contributed by atoms with van der Waals surface area (Å²) in [6.45, 7) is 4.46. The average molecular weight is 389 g/mol. The van der Waals surface area contributed by atoms with E-state index in [1.165, 1.54) is 11.3 Å². The fraction of sp³-hybridized carbons (Fsp3) is 0.400. The lowest BCUT2D eigenvalue weighted by Crippen LogP contribution is -2.51. The number of carbonyl (C=O) groups is 2. The Labute approximate surface area is 162 Å². The van der Waals surface area contributed by atoms with Crippen LogP contribution in [0.1, 0.15) is 32.5 Å². The number of piperazine rings is 1. The molecule has 0 spiro atoms. The second kappa shape index (κ2) is 7.05. The monoisotopic (exact) mass is 388 g/mol. The number of aryl methyl sites for hydroxylation is 1. The van der Waals surface area contributed by atoms with Crippen LogP contribution < -0.4 is 0 Å². The zero-order valence-corrected chi connectivity index (χ0v) is 16.2. The zero-order chi connectivity index (χ0) is 18.3. The number of amides is 2. The Morgan fingerprint density at radius 1 is 1.08 bits per heavy atom. The van der Waals surface area contributed by atoms with Crippen LogP contribution in [0.5, 0.6) is 0 Å². The van der Waals surface area contributed by atoms with E-state index in [1.807, 2.05) is 53.1 Å². The van der Waals surface area contributed by atoms with Crippen molar-refractivity contribution in [3.63, 3.8) is 0 Å². The zero-order valence-electron chi connectivity index (χ0n) is 14.7. The predicted octanol–water partition coefficient (Wildman–Crippen LogP) is 3.80. The summed E-state index contributed by atoms with van der Waals surface area (Å²) in [5.41, 5.74) is 1.15. The number of hydrogen-bond donors (Lipinski definition) is 0. The summed E-state index contributed by atoms with van der Waals surface area (Å²) in [6.07, 6.45) is 0.896. The first-order chi connectivity index (χ1) is 12.5. The van der Waals surface area contributed by atoms with Gasteiger partial charge in [-0.25, -0.2) is 0 Å². The summed E-state index contributed by atoms with van der Waals surface area (Å²) in [7, 11) is 0. The molecule has 0 bridgehead atoms. The van der Waals surface area contributed by atoms with E-state index in [1.54, 1.807) is 0 Å². The van der Waals surface area contributed by atoms with Crippen LogP contribution in [0.2, 0.25) is 5.02 Å². The van der Waals surface area contributed by atoms with Gasteiger partial charge in [0, 0.05) is 42.0 Å². The van der Waals surface area contributed by atoms with Crippen molar-refractivity contribution in [1.29, 1.82) is 0 Å². The first-order valence-electron chi connectivity index (χ1n) is 8.93. The lowest BCUT2D eigenvalue weighted by molar-refractivity contribution is -0.134. The molecule has 1 aromatic carbocycles. The molecule has 26 heavy (non-hydrogen) atoms. The van der Waals surface area contributed by atoms with E-state index in [0.29, 0.717) is 26.2 Å². The van der Waals surface area contributed by atoms with Gasteiger partial charge in [0.05, 0.1) is 4.88 Å². The molecule has 1 aliphatic carbocycles. The number of nitrogens with zero attached hydrogens (tertiary/aromatic N) is 2. The third-order valence-corrected chi connectivity index (χ3v) is 6.44. The summed E-state index contributed by atoms with van der Waals surface area (Å²) >= 11 is 7.59. The highest BCUT2D eigenvalue weighted by atomic mass is 35.5. The Morgan fingerprint density at radius 3 is 2.46 bits per heavy atom. The normalized spacial score (nSPS) is 22.4. The van der Waals surface area contributed by atoms with Crippen molar-refractivity contribution in [2.45, 2.75) is 19.3 Å². The minimum Gasteiger partial charge on any atom is -0.339 e. The molecule has 2 heterocycles. The first kappa shape index (κ1) is 17.6. The Hall–Kier alpha value is -1.85. The summed E-state index contributed by atoms with van der Waals surface area (Å²) in [6, 6.07) is 11.7. The molecule has 2 fully saturated rings. The Balaban J connectivity index is 1.32. The van der Waals surface area contributed by atoms with Gasteiger partial charge in [-0.3, -0.25) is 9.59 Å². The van der Waals surface area contributed by atoms with E-state index >= 15 is 0 Å². The molecule has 1 saturated carbocycles. The molecular formula is C20H21ClN2O2S. The highest BCUT2D eigenvalue weighted by Gasteiger charge is 2.46. The summed E-state index contributed by atoms with van der Waals surface area (Å²) in [4.78, 5) is 31.0. The van der Waals surface area contributed by atoms with Crippen LogP contribution in [-0.2, 0) is 4.79 Å². The van der Waals surface area contributed by atoms with Gasteiger partial charge < -0.3 is 9.80 Å². The second-order valence-electron chi connectivity index (χ2n) is 7.03. The minimum atomic E-state index is 0.0654. The predicted molar refractivity (Wildman–Crippen MR) is 104 cm³/mol. The van der Waals surface area contributed by atoms with Crippen molar-refractivity contribution in [2.75, 3.05) is 26.2 Å². The van der Waals surface area contributed by atoms with Gasteiger partial charge in [0.2, 0.25) is 5.91 Å². The number of halogens is 1. The van der Waals surface area contributed by atoms with Gasteiger partial charge in [-0.1, -0.05) is 23.7 Å². The molecule has 0 N–H and O–H groups in total. The number of rotatable bonds is 3. The standard InChI is InChI=1S/C20H21ClN2O2S/c1-13-5-6-18(26-13)20(25)23-9-7-22(8-10-23)19(24)17-12-16(17)14-3-2-4-15(21)11-14/h2-6,11,16-17H,7-10,12H2,1H3. The highest BCUT2D eigenvalue weighted by Crippen LogP contribution is 2.48. The average Bonchev–Trinajstić information content (AvgIpc) is 3.34. The molecule has 1 aliphatic heterocycles. The molecule has 4 nitrogen and oxygen atoms in total. The van der Waals surface area contributed by atoms with Crippen molar-refractivity contribution in [1.82, 2.24) is 9.80 Å². The van der Waals surface area contributed by atoms with Crippen LogP contribution >= 0.6 is 22.9 Å². The van der Waals surface area contributed by atoms with Gasteiger partial charge in [-0.05, 0) is 49.1 Å². The summed E-state index contributed by atoms with van der Waals surface area (Å²) < 4.78 is 0. The van der Waals surface area contributed by atoms with Crippen molar-refractivity contribution in [3.8, 4) is 0 Å². The Morgan fingerprint density at radius 2 is 1.81 bits per heavy atom. The smallest absolute Gasteiger partial charge is 0.264 e. The number of thiophene rings is 1.